The van der Waals surface area contributed by atoms with E-state index >= 15 is 0 Å². The van der Waals surface area contributed by atoms with E-state index in [-0.39, 0.29) is 12.1 Å². The average Bonchev–Trinajstić information content (AvgIpc) is 2.46. The molecule has 0 amide bonds. The molecule has 0 aliphatic heterocycles. The van der Waals surface area contributed by atoms with Crippen molar-refractivity contribution in [3.8, 4) is 11.4 Å². The van der Waals surface area contributed by atoms with Crippen LogP contribution in [0.5, 0.6) is 0 Å². The van der Waals surface area contributed by atoms with Crippen molar-refractivity contribution in [3.05, 3.63) is 52.7 Å². The highest BCUT2D eigenvalue weighted by atomic mass is 16.1. The summed E-state index contributed by atoms with van der Waals surface area (Å²) in [6.07, 6.45) is 3.26. The van der Waals surface area contributed by atoms with E-state index in [4.69, 9.17) is 5.73 Å². The monoisotopic (exact) mass is 253 g/mol. The summed E-state index contributed by atoms with van der Waals surface area (Å²) in [5, 5.41) is 0. The molecule has 0 aliphatic rings. The molecule has 6 nitrogen and oxygen atoms in total. The molecule has 94 valence electrons. The van der Waals surface area contributed by atoms with E-state index in [9.17, 15) is 4.79 Å². The predicted octanol–water partition coefficient (Wildman–Crippen LogP) is 0.839. The number of H-pyrrole nitrogens is 1. The number of hydrogen-bond donors (Lipinski definition) is 2. The van der Waals surface area contributed by atoms with Gasteiger partial charge in [0.05, 0.1) is 16.7 Å². The molecule has 3 rings (SSSR count). The van der Waals surface area contributed by atoms with Crippen LogP contribution < -0.4 is 11.3 Å². The van der Waals surface area contributed by atoms with Crippen molar-refractivity contribution in [1.82, 2.24) is 19.9 Å². The molecule has 1 aromatic carbocycles. The van der Waals surface area contributed by atoms with Crippen LogP contribution in [0.3, 0.4) is 0 Å². The molecule has 19 heavy (non-hydrogen) atoms. The molecule has 0 saturated heterocycles. The maximum atomic E-state index is 11.5. The Balaban J connectivity index is 2.18. The Morgan fingerprint density at radius 2 is 1.89 bits per heavy atom. The van der Waals surface area contributed by atoms with Crippen molar-refractivity contribution in [1.29, 1.82) is 0 Å². The van der Waals surface area contributed by atoms with E-state index in [1.807, 2.05) is 18.2 Å². The summed E-state index contributed by atoms with van der Waals surface area (Å²) in [6, 6.07) is 6.91. The average molecular weight is 253 g/mol. The molecule has 2 aromatic heterocycles. The molecule has 6 heteroatoms. The summed E-state index contributed by atoms with van der Waals surface area (Å²) in [4.78, 5) is 26.9. The fourth-order valence-electron chi connectivity index (χ4n) is 1.86. The van der Waals surface area contributed by atoms with Crippen molar-refractivity contribution >= 4 is 11.0 Å². The van der Waals surface area contributed by atoms with Gasteiger partial charge in [0.1, 0.15) is 5.82 Å². The zero-order valence-corrected chi connectivity index (χ0v) is 10.00. The van der Waals surface area contributed by atoms with Crippen LogP contribution in [0, 0.1) is 0 Å². The third-order valence-corrected chi connectivity index (χ3v) is 2.75. The van der Waals surface area contributed by atoms with E-state index in [1.165, 1.54) is 6.07 Å². The van der Waals surface area contributed by atoms with Crippen LogP contribution >= 0.6 is 0 Å². The minimum Gasteiger partial charge on any atom is -0.325 e. The Morgan fingerprint density at radius 3 is 2.68 bits per heavy atom. The lowest BCUT2D eigenvalue weighted by Crippen LogP contribution is -2.12. The highest BCUT2D eigenvalue weighted by Crippen LogP contribution is 2.18. The Kier molecular flexibility index (Phi) is 2.77. The summed E-state index contributed by atoms with van der Waals surface area (Å²) < 4.78 is 0. The first kappa shape index (κ1) is 11.5. The molecular weight excluding hydrogens is 242 g/mol. The number of nitrogens with one attached hydrogen (secondary N) is 1. The molecular formula is C13H11N5O. The van der Waals surface area contributed by atoms with Crippen LogP contribution in [-0.2, 0) is 6.54 Å². The predicted molar refractivity (Wildman–Crippen MR) is 71.3 cm³/mol. The van der Waals surface area contributed by atoms with Crippen molar-refractivity contribution < 1.29 is 0 Å². The first-order chi connectivity index (χ1) is 9.26. The summed E-state index contributed by atoms with van der Waals surface area (Å²) in [6.45, 7) is 0.226. The van der Waals surface area contributed by atoms with Crippen LogP contribution in [-0.4, -0.2) is 19.9 Å². The molecule has 2 heterocycles. The van der Waals surface area contributed by atoms with Crippen molar-refractivity contribution in [2.45, 2.75) is 6.54 Å². The Hall–Kier alpha value is -2.60. The molecule has 0 unspecified atom stereocenters. The van der Waals surface area contributed by atoms with Gasteiger partial charge in [-0.25, -0.2) is 4.98 Å². The van der Waals surface area contributed by atoms with E-state index in [0.29, 0.717) is 11.5 Å². The Morgan fingerprint density at radius 1 is 1.11 bits per heavy atom. The molecule has 0 fully saturated rings. The zero-order valence-electron chi connectivity index (χ0n) is 10.00. The highest BCUT2D eigenvalue weighted by Gasteiger charge is 2.05. The van der Waals surface area contributed by atoms with Gasteiger partial charge in [-0.2, -0.15) is 0 Å². The topological polar surface area (TPSA) is 97.6 Å². The van der Waals surface area contributed by atoms with Crippen LogP contribution in [0.1, 0.15) is 5.69 Å². The Labute approximate surface area is 108 Å². The van der Waals surface area contributed by atoms with Crippen LogP contribution in [0.2, 0.25) is 0 Å². The molecule has 3 N–H and O–H groups in total. The fraction of sp³-hybridized carbons (Fsp3) is 0.0769. The van der Waals surface area contributed by atoms with Gasteiger partial charge in [0.2, 0.25) is 0 Å². The molecule has 0 radical (unpaired) electrons. The first-order valence-electron chi connectivity index (χ1n) is 5.78. The van der Waals surface area contributed by atoms with Gasteiger partial charge in [0, 0.05) is 30.6 Å². The largest absolute Gasteiger partial charge is 0.325 e. The van der Waals surface area contributed by atoms with Crippen LogP contribution in [0.4, 0.5) is 0 Å². The third-order valence-electron chi connectivity index (χ3n) is 2.75. The summed E-state index contributed by atoms with van der Waals surface area (Å²) in [5.74, 6) is 0.487. The Bertz CT molecular complexity index is 796. The minimum absolute atomic E-state index is 0.218. The van der Waals surface area contributed by atoms with Crippen molar-refractivity contribution in [3.63, 3.8) is 0 Å². The van der Waals surface area contributed by atoms with Gasteiger partial charge < -0.3 is 10.7 Å². The molecule has 0 spiro atoms. The number of fused-ring (bicyclic) bond motifs is 1. The summed E-state index contributed by atoms with van der Waals surface area (Å²) in [5.41, 5.74) is 8.18. The maximum Gasteiger partial charge on any atom is 0.251 e. The van der Waals surface area contributed by atoms with Gasteiger partial charge in [-0.3, -0.25) is 14.8 Å². The second-order valence-corrected chi connectivity index (χ2v) is 4.05. The number of aromatic nitrogens is 4. The lowest BCUT2D eigenvalue weighted by atomic mass is 10.2. The van der Waals surface area contributed by atoms with E-state index < -0.39 is 0 Å². The third kappa shape index (κ3) is 2.21. The number of nitrogens with two attached hydrogens (primary N) is 1. The lowest BCUT2D eigenvalue weighted by molar-refractivity contribution is 0.956. The van der Waals surface area contributed by atoms with Crippen molar-refractivity contribution in [2.75, 3.05) is 0 Å². The van der Waals surface area contributed by atoms with E-state index in [1.54, 1.807) is 12.4 Å². The molecule has 0 saturated carbocycles. The zero-order chi connectivity index (χ0) is 13.2. The number of aromatic amines is 1. The molecule has 0 bridgehead atoms. The normalized spacial score (nSPS) is 10.8. The van der Waals surface area contributed by atoms with Crippen LogP contribution in [0.25, 0.3) is 22.4 Å². The first-order valence-corrected chi connectivity index (χ1v) is 5.78. The van der Waals surface area contributed by atoms with Gasteiger partial charge in [-0.05, 0) is 18.2 Å². The van der Waals surface area contributed by atoms with Gasteiger partial charge in [-0.1, -0.05) is 0 Å². The van der Waals surface area contributed by atoms with Gasteiger partial charge in [-0.15, -0.1) is 0 Å². The molecule has 0 atom stereocenters. The SMILES string of the molecule is NCc1cc(=O)[nH]c(-c2ccc3nccnc3c2)n1. The summed E-state index contributed by atoms with van der Waals surface area (Å²) in [7, 11) is 0. The quantitative estimate of drug-likeness (QED) is 0.705. The van der Waals surface area contributed by atoms with E-state index in [2.05, 4.69) is 19.9 Å². The number of hydrogen-bond acceptors (Lipinski definition) is 5. The standard InChI is InChI=1S/C13H11N5O/c14-7-9-6-12(19)18-13(17-9)8-1-2-10-11(5-8)16-4-3-15-10/h1-6H,7,14H2,(H,17,18,19). The van der Waals surface area contributed by atoms with Gasteiger partial charge >= 0.3 is 0 Å². The minimum atomic E-state index is -0.218. The fourth-order valence-corrected chi connectivity index (χ4v) is 1.86. The smallest absolute Gasteiger partial charge is 0.251 e. The lowest BCUT2D eigenvalue weighted by Gasteiger charge is -2.04. The van der Waals surface area contributed by atoms with Crippen LogP contribution in [0.15, 0.2) is 41.5 Å². The van der Waals surface area contributed by atoms with E-state index in [0.717, 1.165) is 16.6 Å². The summed E-state index contributed by atoms with van der Waals surface area (Å²) >= 11 is 0. The number of nitrogens with zero attached hydrogens (tertiary/aromatic N) is 3. The molecule has 0 aliphatic carbocycles. The van der Waals surface area contributed by atoms with Gasteiger partial charge in [0.25, 0.3) is 5.56 Å². The number of rotatable bonds is 2. The second-order valence-electron chi connectivity index (χ2n) is 4.05. The molecule has 3 aromatic rings. The van der Waals surface area contributed by atoms with Gasteiger partial charge in [0.15, 0.2) is 0 Å². The highest BCUT2D eigenvalue weighted by molar-refractivity contribution is 5.79. The number of benzene rings is 1. The van der Waals surface area contributed by atoms with Crippen molar-refractivity contribution in [2.24, 2.45) is 5.73 Å². The second kappa shape index (κ2) is 4.58. The maximum absolute atomic E-state index is 11.5.